The van der Waals surface area contributed by atoms with Crippen molar-refractivity contribution in [1.82, 2.24) is 0 Å². The topological polar surface area (TPSA) is 34.1 Å². The highest BCUT2D eigenvalue weighted by atomic mass is 35.7. The van der Waals surface area contributed by atoms with E-state index < -0.39 is 26.4 Å². The van der Waals surface area contributed by atoms with Gasteiger partial charge < -0.3 is 0 Å². The first-order valence-corrected chi connectivity index (χ1v) is 6.58. The van der Waals surface area contributed by atoms with Crippen LogP contribution in [0.15, 0.2) is 0 Å². The standard InChI is InChI=1S/C7H10ClF3O2S/c8-14(12,13)6-3-1-5(2-4-6)7(9,10)11/h5-6H,1-4H2. The molecular weight excluding hydrogens is 241 g/mol. The molecule has 0 amide bonds. The molecule has 2 nitrogen and oxygen atoms in total. The lowest BCUT2D eigenvalue weighted by Crippen LogP contribution is -2.31. The van der Waals surface area contributed by atoms with Crippen molar-refractivity contribution in [3.8, 4) is 0 Å². The van der Waals surface area contributed by atoms with E-state index >= 15 is 0 Å². The Hall–Kier alpha value is 0.0300. The van der Waals surface area contributed by atoms with E-state index in [2.05, 4.69) is 0 Å². The lowest BCUT2D eigenvalue weighted by atomic mass is 9.88. The number of alkyl halides is 3. The summed E-state index contributed by atoms with van der Waals surface area (Å²) in [5, 5.41) is -0.803. The van der Waals surface area contributed by atoms with E-state index in [4.69, 9.17) is 10.7 Å². The molecule has 0 aromatic rings. The van der Waals surface area contributed by atoms with Crippen LogP contribution >= 0.6 is 10.7 Å². The maximum Gasteiger partial charge on any atom is 0.391 e. The first kappa shape index (κ1) is 12.1. The number of rotatable bonds is 1. The molecule has 1 saturated carbocycles. The van der Waals surface area contributed by atoms with Gasteiger partial charge in [-0.15, -0.1) is 0 Å². The smallest absolute Gasteiger partial charge is 0.212 e. The van der Waals surface area contributed by atoms with Gasteiger partial charge in [0.05, 0.1) is 11.2 Å². The van der Waals surface area contributed by atoms with Gasteiger partial charge in [0.15, 0.2) is 0 Å². The Bertz CT molecular complexity index is 291. The van der Waals surface area contributed by atoms with E-state index in [1.165, 1.54) is 0 Å². The van der Waals surface area contributed by atoms with Crippen LogP contribution in [-0.2, 0) is 9.05 Å². The second kappa shape index (κ2) is 3.89. The molecule has 0 aliphatic heterocycles. The molecule has 0 spiro atoms. The number of hydrogen-bond acceptors (Lipinski definition) is 2. The van der Waals surface area contributed by atoms with Crippen molar-refractivity contribution in [2.24, 2.45) is 5.92 Å². The van der Waals surface area contributed by atoms with Crippen LogP contribution in [0.4, 0.5) is 13.2 Å². The molecule has 84 valence electrons. The average Bonchev–Trinajstić information content (AvgIpc) is 2.01. The fraction of sp³-hybridized carbons (Fsp3) is 1.00. The van der Waals surface area contributed by atoms with Gasteiger partial charge >= 0.3 is 6.18 Å². The molecule has 0 aromatic heterocycles. The minimum Gasteiger partial charge on any atom is -0.212 e. The Labute approximate surface area is 84.9 Å². The zero-order valence-electron chi connectivity index (χ0n) is 7.22. The van der Waals surface area contributed by atoms with Crippen LogP contribution in [0.1, 0.15) is 25.7 Å². The molecule has 0 radical (unpaired) electrons. The molecule has 0 unspecified atom stereocenters. The van der Waals surface area contributed by atoms with E-state index in [0.717, 1.165) is 0 Å². The van der Waals surface area contributed by atoms with Crippen LogP contribution in [0.25, 0.3) is 0 Å². The zero-order chi connectivity index (χ0) is 11.0. The van der Waals surface area contributed by atoms with Gasteiger partial charge in [-0.25, -0.2) is 8.42 Å². The van der Waals surface area contributed by atoms with Crippen molar-refractivity contribution < 1.29 is 21.6 Å². The molecule has 14 heavy (non-hydrogen) atoms. The maximum atomic E-state index is 12.2. The fourth-order valence-electron chi connectivity index (χ4n) is 1.67. The van der Waals surface area contributed by atoms with Crippen molar-refractivity contribution in [3.05, 3.63) is 0 Å². The van der Waals surface area contributed by atoms with Gasteiger partial charge in [0.1, 0.15) is 0 Å². The summed E-state index contributed by atoms with van der Waals surface area (Å²) in [5.74, 6) is -1.36. The van der Waals surface area contributed by atoms with Crippen LogP contribution in [0, 0.1) is 5.92 Å². The Morgan fingerprint density at radius 3 is 1.79 bits per heavy atom. The first-order valence-electron chi connectivity index (χ1n) is 4.21. The summed E-state index contributed by atoms with van der Waals surface area (Å²) in [6.45, 7) is 0. The summed E-state index contributed by atoms with van der Waals surface area (Å²) in [5.41, 5.74) is 0. The third kappa shape index (κ3) is 3.02. The van der Waals surface area contributed by atoms with E-state index in [1.807, 2.05) is 0 Å². The summed E-state index contributed by atoms with van der Waals surface area (Å²) in [4.78, 5) is 0. The van der Waals surface area contributed by atoms with Crippen LogP contribution in [0.5, 0.6) is 0 Å². The van der Waals surface area contributed by atoms with Gasteiger partial charge in [-0.2, -0.15) is 13.2 Å². The number of halogens is 4. The van der Waals surface area contributed by atoms with Crippen LogP contribution in [0.3, 0.4) is 0 Å². The largest absolute Gasteiger partial charge is 0.391 e. The minimum atomic E-state index is -4.21. The van der Waals surface area contributed by atoms with E-state index in [-0.39, 0.29) is 25.7 Å². The summed E-state index contributed by atoms with van der Waals surface area (Å²) in [6.07, 6.45) is -4.46. The molecule has 1 rings (SSSR count). The third-order valence-corrected chi connectivity index (χ3v) is 4.56. The van der Waals surface area contributed by atoms with Gasteiger partial charge in [0, 0.05) is 10.7 Å². The molecule has 0 bridgehead atoms. The second-order valence-corrected chi connectivity index (χ2v) is 6.40. The van der Waals surface area contributed by atoms with Gasteiger partial charge in [-0.3, -0.25) is 0 Å². The number of hydrogen-bond donors (Lipinski definition) is 0. The van der Waals surface area contributed by atoms with Gasteiger partial charge in [0.25, 0.3) is 0 Å². The summed E-state index contributed by atoms with van der Waals surface area (Å²) in [7, 11) is 1.38. The molecule has 1 aliphatic rings. The van der Waals surface area contributed by atoms with Crippen molar-refractivity contribution >= 4 is 19.7 Å². The van der Waals surface area contributed by atoms with Gasteiger partial charge in [-0.05, 0) is 25.7 Å². The highest BCUT2D eigenvalue weighted by Crippen LogP contribution is 2.39. The molecule has 1 fully saturated rings. The SMILES string of the molecule is O=S(=O)(Cl)C1CCC(C(F)(F)F)CC1. The zero-order valence-corrected chi connectivity index (χ0v) is 8.79. The molecular formula is C7H10ClF3O2S. The second-order valence-electron chi connectivity index (χ2n) is 3.49. The van der Waals surface area contributed by atoms with Crippen LogP contribution in [0.2, 0.25) is 0 Å². The molecule has 0 aromatic carbocycles. The highest BCUT2D eigenvalue weighted by molar-refractivity contribution is 8.14. The Morgan fingerprint density at radius 2 is 1.50 bits per heavy atom. The molecule has 0 N–H and O–H groups in total. The fourth-order valence-corrected chi connectivity index (χ4v) is 3.04. The summed E-state index contributed by atoms with van der Waals surface area (Å²) < 4.78 is 58.2. The van der Waals surface area contributed by atoms with Crippen molar-refractivity contribution in [1.29, 1.82) is 0 Å². The predicted molar refractivity (Wildman–Crippen MR) is 46.6 cm³/mol. The van der Waals surface area contributed by atoms with Gasteiger partial charge in [-0.1, -0.05) is 0 Å². The average molecular weight is 251 g/mol. The van der Waals surface area contributed by atoms with E-state index in [1.54, 1.807) is 0 Å². The Balaban J connectivity index is 2.56. The summed E-state index contributed by atoms with van der Waals surface area (Å²) >= 11 is 0. The predicted octanol–water partition coefficient (Wildman–Crippen LogP) is 2.68. The summed E-state index contributed by atoms with van der Waals surface area (Å²) in [6, 6.07) is 0. The Kier molecular flexibility index (Phi) is 3.36. The molecule has 7 heteroatoms. The van der Waals surface area contributed by atoms with E-state index in [9.17, 15) is 21.6 Å². The maximum absolute atomic E-state index is 12.2. The lowest BCUT2D eigenvalue weighted by molar-refractivity contribution is -0.181. The normalized spacial score (nSPS) is 30.3. The van der Waals surface area contributed by atoms with Crippen molar-refractivity contribution in [2.45, 2.75) is 37.1 Å². The molecule has 0 atom stereocenters. The minimum absolute atomic E-state index is 0.00993. The van der Waals surface area contributed by atoms with Gasteiger partial charge in [0.2, 0.25) is 9.05 Å². The quantitative estimate of drug-likeness (QED) is 0.671. The molecule has 0 saturated heterocycles. The Morgan fingerprint density at radius 1 is 1.07 bits per heavy atom. The highest BCUT2D eigenvalue weighted by Gasteiger charge is 2.43. The van der Waals surface area contributed by atoms with Crippen LogP contribution < -0.4 is 0 Å². The lowest BCUT2D eigenvalue weighted by Gasteiger charge is -2.27. The van der Waals surface area contributed by atoms with Crippen LogP contribution in [-0.4, -0.2) is 19.8 Å². The van der Waals surface area contributed by atoms with Crippen molar-refractivity contribution in [3.63, 3.8) is 0 Å². The third-order valence-electron chi connectivity index (χ3n) is 2.54. The first-order chi connectivity index (χ1) is 6.21. The van der Waals surface area contributed by atoms with E-state index in [0.29, 0.717) is 0 Å². The van der Waals surface area contributed by atoms with Crippen molar-refractivity contribution in [2.75, 3.05) is 0 Å². The monoisotopic (exact) mass is 250 g/mol. The molecule has 1 aliphatic carbocycles. The molecule has 0 heterocycles.